The molecule has 3 heterocycles. The molecule has 0 aromatic carbocycles. The number of fused-ring (bicyclic) bond motifs is 1. The highest BCUT2D eigenvalue weighted by Gasteiger charge is 2.35. The zero-order chi connectivity index (χ0) is 18.1. The molecule has 3 aliphatic rings. The Balaban J connectivity index is 1.61. The minimum Gasteiger partial charge on any atom is -0.367 e. The number of carbonyl (C=O) groups excluding carboxylic acids is 2. The summed E-state index contributed by atoms with van der Waals surface area (Å²) in [5, 5.41) is 0. The van der Waals surface area contributed by atoms with Crippen molar-refractivity contribution in [2.24, 2.45) is 0 Å². The van der Waals surface area contributed by atoms with Crippen LogP contribution >= 0.6 is 15.9 Å². The summed E-state index contributed by atoms with van der Waals surface area (Å²) in [6, 6.07) is 3.71. The highest BCUT2D eigenvalue weighted by Crippen LogP contribution is 2.32. The zero-order valence-electron chi connectivity index (χ0n) is 15.0. The van der Waals surface area contributed by atoms with Crippen LogP contribution in [0.25, 0.3) is 0 Å². The van der Waals surface area contributed by atoms with E-state index >= 15 is 0 Å². The summed E-state index contributed by atoms with van der Waals surface area (Å²) in [5.41, 5.74) is 2.14. The van der Waals surface area contributed by atoms with Crippen molar-refractivity contribution >= 4 is 27.5 Å². The molecule has 2 fully saturated rings. The first-order valence-corrected chi connectivity index (χ1v) is 10.4. The van der Waals surface area contributed by atoms with Crippen LogP contribution in [0.15, 0.2) is 22.3 Å². The number of halogens is 1. The molecule has 0 radical (unpaired) electrons. The van der Waals surface area contributed by atoms with Gasteiger partial charge in [0.1, 0.15) is 11.4 Å². The maximum Gasteiger partial charge on any atom is 0.221 e. The molecule has 0 unspecified atom stereocenters. The molecule has 0 N–H and O–H groups in total. The Morgan fingerprint density at radius 2 is 1.54 bits per heavy atom. The molecule has 6 heteroatoms. The molecule has 2 aliphatic heterocycles. The molecule has 2 saturated heterocycles. The third kappa shape index (κ3) is 3.37. The molecule has 1 aromatic heterocycles. The first kappa shape index (κ1) is 17.9. The molecule has 138 valence electrons. The van der Waals surface area contributed by atoms with Gasteiger partial charge in [-0.25, -0.2) is 4.98 Å². The maximum absolute atomic E-state index is 13.0. The van der Waals surface area contributed by atoms with Crippen LogP contribution in [-0.4, -0.2) is 52.5 Å². The van der Waals surface area contributed by atoms with Crippen molar-refractivity contribution in [2.75, 3.05) is 26.2 Å². The largest absolute Gasteiger partial charge is 0.367 e. The quantitative estimate of drug-likeness (QED) is 0.752. The van der Waals surface area contributed by atoms with Crippen LogP contribution in [0.5, 0.6) is 0 Å². The van der Waals surface area contributed by atoms with Crippen molar-refractivity contribution in [3.63, 3.8) is 0 Å². The number of rotatable bonds is 3. The average Bonchev–Trinajstić information content (AvgIpc) is 2.68. The van der Waals surface area contributed by atoms with Crippen molar-refractivity contribution < 1.29 is 9.59 Å². The number of piperidine rings is 2. The predicted molar refractivity (Wildman–Crippen MR) is 103 cm³/mol. The first-order valence-electron chi connectivity index (χ1n) is 9.61. The fourth-order valence-corrected chi connectivity index (χ4v) is 4.75. The fraction of sp³-hybridized carbons (Fsp3) is 0.550. The van der Waals surface area contributed by atoms with E-state index in [4.69, 9.17) is 0 Å². The molecule has 4 rings (SSSR count). The Bertz CT molecular complexity index is 762. The van der Waals surface area contributed by atoms with E-state index in [2.05, 4.69) is 30.7 Å². The summed E-state index contributed by atoms with van der Waals surface area (Å²) >= 11 is 3.41. The lowest BCUT2D eigenvalue weighted by Gasteiger charge is -2.32. The minimum absolute atomic E-state index is 0.0783. The van der Waals surface area contributed by atoms with Gasteiger partial charge in [-0.2, -0.15) is 0 Å². The Kier molecular flexibility index (Phi) is 5.23. The number of hydrogen-bond acceptors (Lipinski definition) is 5. The van der Waals surface area contributed by atoms with Crippen LogP contribution in [-0.2, 0) is 6.54 Å². The minimum atomic E-state index is -0.166. The molecular formula is C20H24BrN3O2. The van der Waals surface area contributed by atoms with E-state index in [1.165, 1.54) is 25.7 Å². The number of aromatic nitrogens is 1. The van der Waals surface area contributed by atoms with Crippen LogP contribution in [0.4, 0.5) is 0 Å². The normalized spacial score (nSPS) is 22.0. The van der Waals surface area contributed by atoms with Crippen LogP contribution in [0.1, 0.15) is 65.1 Å². The van der Waals surface area contributed by atoms with Gasteiger partial charge in [0.2, 0.25) is 11.6 Å². The number of carbonyl (C=O) groups is 2. The number of nitrogens with zero attached hydrogens (tertiary/aromatic N) is 3. The number of Topliss-reactive ketones (excluding diaryl/α,β-unsaturated/α-hetero) is 2. The van der Waals surface area contributed by atoms with E-state index in [9.17, 15) is 9.59 Å². The second-order valence-corrected chi connectivity index (χ2v) is 8.20. The number of allylic oxidation sites excluding steroid dienone is 2. The molecule has 0 atom stereocenters. The molecule has 0 amide bonds. The third-order valence-electron chi connectivity index (χ3n) is 5.54. The van der Waals surface area contributed by atoms with Crippen molar-refractivity contribution in [2.45, 2.75) is 45.1 Å². The predicted octanol–water partition coefficient (Wildman–Crippen LogP) is 3.54. The Morgan fingerprint density at radius 3 is 2.23 bits per heavy atom. The SMILES string of the molecule is O=C1C(N2CCCCC2)=C(Br)C(=O)c2nc(CN3CCCCC3)ccc21. The van der Waals surface area contributed by atoms with Crippen LogP contribution in [0, 0.1) is 0 Å². The van der Waals surface area contributed by atoms with Crippen molar-refractivity contribution in [1.29, 1.82) is 0 Å². The van der Waals surface area contributed by atoms with Gasteiger partial charge in [0, 0.05) is 19.6 Å². The standard InChI is InChI=1S/C20H24BrN3O2/c21-16-18(24-11-5-2-6-12-24)19(25)15-8-7-14(22-17(15)20(16)26)13-23-9-3-1-4-10-23/h7-8H,1-6,9-13H2. The van der Waals surface area contributed by atoms with Gasteiger partial charge in [-0.15, -0.1) is 0 Å². The van der Waals surface area contributed by atoms with Crippen molar-refractivity contribution in [1.82, 2.24) is 14.8 Å². The molecule has 26 heavy (non-hydrogen) atoms. The lowest BCUT2D eigenvalue weighted by Crippen LogP contribution is -2.37. The zero-order valence-corrected chi connectivity index (χ0v) is 16.6. The summed E-state index contributed by atoms with van der Waals surface area (Å²) in [7, 11) is 0. The van der Waals surface area contributed by atoms with Crippen LogP contribution in [0.2, 0.25) is 0 Å². The lowest BCUT2D eigenvalue weighted by molar-refractivity contribution is 0.0938. The van der Waals surface area contributed by atoms with Gasteiger partial charge in [-0.1, -0.05) is 6.42 Å². The third-order valence-corrected chi connectivity index (χ3v) is 6.28. The summed E-state index contributed by atoms with van der Waals surface area (Å²) in [6.45, 7) is 4.57. The molecule has 5 nitrogen and oxygen atoms in total. The Hall–Kier alpha value is -1.53. The van der Waals surface area contributed by atoms with Crippen LogP contribution in [0.3, 0.4) is 0 Å². The van der Waals surface area contributed by atoms with Gasteiger partial charge >= 0.3 is 0 Å². The number of pyridine rings is 1. The summed E-state index contributed by atoms with van der Waals surface area (Å²) < 4.78 is 0.375. The van der Waals surface area contributed by atoms with Gasteiger partial charge in [0.25, 0.3) is 0 Å². The van der Waals surface area contributed by atoms with Gasteiger partial charge in [0.15, 0.2) is 0 Å². The van der Waals surface area contributed by atoms with Gasteiger partial charge < -0.3 is 4.90 Å². The second kappa shape index (κ2) is 7.61. The molecule has 0 spiro atoms. The summed E-state index contributed by atoms with van der Waals surface area (Å²) in [6.07, 6.45) is 7.03. The van der Waals surface area contributed by atoms with E-state index in [0.29, 0.717) is 21.4 Å². The van der Waals surface area contributed by atoms with E-state index in [1.807, 2.05) is 6.07 Å². The molecule has 0 bridgehead atoms. The average molecular weight is 418 g/mol. The van der Waals surface area contributed by atoms with E-state index in [1.54, 1.807) is 6.07 Å². The van der Waals surface area contributed by atoms with Crippen molar-refractivity contribution in [3.8, 4) is 0 Å². The maximum atomic E-state index is 13.0. The van der Waals surface area contributed by atoms with Gasteiger partial charge in [-0.05, 0) is 73.3 Å². The Labute approximate surface area is 162 Å². The highest BCUT2D eigenvalue weighted by molar-refractivity contribution is 9.12. The van der Waals surface area contributed by atoms with Gasteiger partial charge in [-0.3, -0.25) is 14.5 Å². The second-order valence-electron chi connectivity index (χ2n) is 7.40. The number of hydrogen-bond donors (Lipinski definition) is 0. The molecule has 1 aliphatic carbocycles. The summed E-state index contributed by atoms with van der Waals surface area (Å²) in [4.78, 5) is 34.9. The highest BCUT2D eigenvalue weighted by atomic mass is 79.9. The summed E-state index contributed by atoms with van der Waals surface area (Å²) in [5.74, 6) is -0.244. The molecule has 1 aromatic rings. The number of likely N-dealkylation sites (tertiary alicyclic amines) is 2. The first-order chi connectivity index (χ1) is 12.6. The number of ketones is 2. The van der Waals surface area contributed by atoms with E-state index in [-0.39, 0.29) is 11.6 Å². The fourth-order valence-electron chi connectivity index (χ4n) is 4.13. The smallest absolute Gasteiger partial charge is 0.221 e. The topological polar surface area (TPSA) is 53.5 Å². The lowest BCUT2D eigenvalue weighted by atomic mass is 9.94. The van der Waals surface area contributed by atoms with Gasteiger partial charge in [0.05, 0.1) is 15.7 Å². The molecular weight excluding hydrogens is 394 g/mol. The van der Waals surface area contributed by atoms with Crippen LogP contribution < -0.4 is 0 Å². The Morgan fingerprint density at radius 1 is 0.885 bits per heavy atom. The van der Waals surface area contributed by atoms with Crippen molar-refractivity contribution in [3.05, 3.63) is 39.3 Å². The van der Waals surface area contributed by atoms with E-state index < -0.39 is 0 Å². The molecule has 0 saturated carbocycles. The monoisotopic (exact) mass is 417 g/mol. The van der Waals surface area contributed by atoms with E-state index in [0.717, 1.165) is 51.3 Å².